The number of hydrogen-bond acceptors (Lipinski definition) is 4. The van der Waals surface area contributed by atoms with Gasteiger partial charge in [-0.1, -0.05) is 0 Å². The highest BCUT2D eigenvalue weighted by Gasteiger charge is 2.27. The molecule has 0 aliphatic heterocycles. The third-order valence-electron chi connectivity index (χ3n) is 4.19. The number of hydrogen-bond donors (Lipinski definition) is 1. The average Bonchev–Trinajstić information content (AvgIpc) is 2.88. The van der Waals surface area contributed by atoms with Crippen LogP contribution in [0.2, 0.25) is 0 Å². The average molecular weight is 300 g/mol. The maximum absolute atomic E-state index is 10.8. The molecule has 0 spiro atoms. The minimum Gasteiger partial charge on any atom is -0.324 e. The fraction of sp³-hybridized carbons (Fsp3) is 0.438. The first kappa shape index (κ1) is 14.7. The minimum atomic E-state index is -0.391. The van der Waals surface area contributed by atoms with Gasteiger partial charge in [0.15, 0.2) is 0 Å². The van der Waals surface area contributed by atoms with E-state index in [0.717, 1.165) is 36.1 Å². The highest BCUT2D eigenvalue weighted by molar-refractivity contribution is 5.66. The number of non-ortho nitro benzene ring substituents is 1. The fourth-order valence-electron chi connectivity index (χ4n) is 3.14. The lowest BCUT2D eigenvalue weighted by Crippen LogP contribution is -2.19. The van der Waals surface area contributed by atoms with Gasteiger partial charge in [0.25, 0.3) is 5.69 Å². The SMILES string of the molecule is CC(C)n1nc(-c2ccc([N+](=O)[O-])cc2)c2c1CCCC2N. The highest BCUT2D eigenvalue weighted by atomic mass is 16.6. The lowest BCUT2D eigenvalue weighted by atomic mass is 9.89. The third kappa shape index (κ3) is 2.39. The Morgan fingerprint density at radius 3 is 2.64 bits per heavy atom. The normalized spacial score (nSPS) is 17.5. The second kappa shape index (κ2) is 5.53. The molecular formula is C16H20N4O2. The summed E-state index contributed by atoms with van der Waals surface area (Å²) >= 11 is 0. The van der Waals surface area contributed by atoms with Crippen molar-refractivity contribution in [3.63, 3.8) is 0 Å². The predicted octanol–water partition coefficient (Wildman–Crippen LogP) is 3.38. The first-order valence-corrected chi connectivity index (χ1v) is 7.60. The lowest BCUT2D eigenvalue weighted by Gasteiger charge is -2.21. The van der Waals surface area contributed by atoms with Crippen molar-refractivity contribution in [2.75, 3.05) is 0 Å². The Kier molecular flexibility index (Phi) is 3.70. The van der Waals surface area contributed by atoms with Gasteiger partial charge >= 0.3 is 0 Å². The molecule has 0 amide bonds. The lowest BCUT2D eigenvalue weighted by molar-refractivity contribution is -0.384. The first-order valence-electron chi connectivity index (χ1n) is 7.60. The van der Waals surface area contributed by atoms with Gasteiger partial charge < -0.3 is 5.73 Å². The van der Waals surface area contributed by atoms with Crippen LogP contribution in [-0.4, -0.2) is 14.7 Å². The van der Waals surface area contributed by atoms with Crippen molar-refractivity contribution in [1.82, 2.24) is 9.78 Å². The van der Waals surface area contributed by atoms with Gasteiger partial charge in [-0.2, -0.15) is 5.10 Å². The van der Waals surface area contributed by atoms with Gasteiger partial charge in [0.1, 0.15) is 0 Å². The van der Waals surface area contributed by atoms with E-state index in [9.17, 15) is 10.1 Å². The van der Waals surface area contributed by atoms with Crippen LogP contribution < -0.4 is 5.73 Å². The van der Waals surface area contributed by atoms with Crippen molar-refractivity contribution in [2.45, 2.75) is 45.2 Å². The third-order valence-corrected chi connectivity index (χ3v) is 4.19. The van der Waals surface area contributed by atoms with Crippen molar-refractivity contribution in [2.24, 2.45) is 5.73 Å². The van der Waals surface area contributed by atoms with Crippen LogP contribution in [0.25, 0.3) is 11.3 Å². The number of nitrogens with zero attached hydrogens (tertiary/aromatic N) is 3. The Labute approximate surface area is 129 Å². The summed E-state index contributed by atoms with van der Waals surface area (Å²) in [4.78, 5) is 10.4. The smallest absolute Gasteiger partial charge is 0.269 e. The Morgan fingerprint density at radius 2 is 2.05 bits per heavy atom. The molecule has 22 heavy (non-hydrogen) atoms. The summed E-state index contributed by atoms with van der Waals surface area (Å²) in [5.74, 6) is 0. The van der Waals surface area contributed by atoms with Gasteiger partial charge in [0, 0.05) is 41.0 Å². The van der Waals surface area contributed by atoms with Crippen LogP contribution >= 0.6 is 0 Å². The molecule has 1 heterocycles. The van der Waals surface area contributed by atoms with E-state index in [4.69, 9.17) is 10.8 Å². The van der Waals surface area contributed by atoms with Crippen molar-refractivity contribution < 1.29 is 4.92 Å². The van der Waals surface area contributed by atoms with Gasteiger partial charge in [-0.05, 0) is 45.2 Å². The number of nitro benzene ring substituents is 1. The van der Waals surface area contributed by atoms with Crippen LogP contribution in [0.1, 0.15) is 50.0 Å². The van der Waals surface area contributed by atoms with Crippen molar-refractivity contribution in [3.8, 4) is 11.3 Å². The van der Waals surface area contributed by atoms with E-state index >= 15 is 0 Å². The molecule has 0 radical (unpaired) electrons. The van der Waals surface area contributed by atoms with Gasteiger partial charge in [-0.25, -0.2) is 0 Å². The zero-order chi connectivity index (χ0) is 15.9. The topological polar surface area (TPSA) is 87.0 Å². The molecule has 0 fully saturated rings. The van der Waals surface area contributed by atoms with E-state index in [1.165, 1.54) is 17.8 Å². The van der Waals surface area contributed by atoms with E-state index in [-0.39, 0.29) is 17.8 Å². The second-order valence-electron chi connectivity index (χ2n) is 6.05. The second-order valence-corrected chi connectivity index (χ2v) is 6.05. The van der Waals surface area contributed by atoms with Crippen LogP contribution in [0.4, 0.5) is 5.69 Å². The molecule has 1 aromatic heterocycles. The molecule has 116 valence electrons. The number of nitro groups is 1. The summed E-state index contributed by atoms with van der Waals surface area (Å²) in [7, 11) is 0. The molecule has 2 N–H and O–H groups in total. The Hall–Kier alpha value is -2.21. The van der Waals surface area contributed by atoms with Crippen LogP contribution in [-0.2, 0) is 6.42 Å². The molecule has 1 unspecified atom stereocenters. The number of aromatic nitrogens is 2. The number of benzene rings is 1. The van der Waals surface area contributed by atoms with Crippen LogP contribution in [0.5, 0.6) is 0 Å². The van der Waals surface area contributed by atoms with Crippen molar-refractivity contribution in [3.05, 3.63) is 45.6 Å². The molecule has 1 aromatic carbocycles. The summed E-state index contributed by atoms with van der Waals surface area (Å²) < 4.78 is 2.05. The Balaban J connectivity index is 2.12. The summed E-state index contributed by atoms with van der Waals surface area (Å²) in [5, 5.41) is 15.5. The maximum atomic E-state index is 10.8. The summed E-state index contributed by atoms with van der Waals surface area (Å²) in [5.41, 5.74) is 10.5. The molecule has 6 nitrogen and oxygen atoms in total. The Bertz CT molecular complexity index is 704. The molecule has 0 bridgehead atoms. The van der Waals surface area contributed by atoms with Gasteiger partial charge in [-0.15, -0.1) is 0 Å². The largest absolute Gasteiger partial charge is 0.324 e. The summed E-state index contributed by atoms with van der Waals surface area (Å²) in [6.07, 6.45) is 3.02. The monoisotopic (exact) mass is 300 g/mol. The van der Waals surface area contributed by atoms with Gasteiger partial charge in [-0.3, -0.25) is 14.8 Å². The molecule has 1 aliphatic rings. The van der Waals surface area contributed by atoms with Gasteiger partial charge in [0.2, 0.25) is 0 Å². The predicted molar refractivity (Wildman–Crippen MR) is 84.6 cm³/mol. The van der Waals surface area contributed by atoms with Crippen LogP contribution in [0, 0.1) is 10.1 Å². The van der Waals surface area contributed by atoms with Crippen molar-refractivity contribution in [1.29, 1.82) is 0 Å². The molecule has 3 rings (SSSR count). The molecule has 1 aliphatic carbocycles. The summed E-state index contributed by atoms with van der Waals surface area (Å²) in [6, 6.07) is 6.81. The fourth-order valence-corrected chi connectivity index (χ4v) is 3.14. The Morgan fingerprint density at radius 1 is 1.36 bits per heavy atom. The molecule has 0 saturated heterocycles. The summed E-state index contributed by atoms with van der Waals surface area (Å²) in [6.45, 7) is 4.21. The van der Waals surface area contributed by atoms with E-state index in [2.05, 4.69) is 13.8 Å². The number of fused-ring (bicyclic) bond motifs is 1. The highest BCUT2D eigenvalue weighted by Crippen LogP contribution is 2.37. The zero-order valence-electron chi connectivity index (χ0n) is 12.8. The zero-order valence-corrected chi connectivity index (χ0v) is 12.8. The molecular weight excluding hydrogens is 280 g/mol. The molecule has 2 aromatic rings. The minimum absolute atomic E-state index is 0.0126. The van der Waals surface area contributed by atoms with E-state index in [1.807, 2.05) is 4.68 Å². The molecule has 6 heteroatoms. The van der Waals surface area contributed by atoms with Crippen LogP contribution in [0.3, 0.4) is 0 Å². The molecule has 0 saturated carbocycles. The van der Waals surface area contributed by atoms with Crippen molar-refractivity contribution >= 4 is 5.69 Å². The number of nitrogens with two attached hydrogens (primary N) is 1. The van der Waals surface area contributed by atoms with Crippen LogP contribution in [0.15, 0.2) is 24.3 Å². The van der Waals surface area contributed by atoms with E-state index in [1.54, 1.807) is 12.1 Å². The van der Waals surface area contributed by atoms with Gasteiger partial charge in [0.05, 0.1) is 10.6 Å². The maximum Gasteiger partial charge on any atom is 0.269 e. The molecule has 1 atom stereocenters. The first-order chi connectivity index (χ1) is 10.5. The standard InChI is InChI=1S/C16H20N4O2/c1-10(2)19-14-5-3-4-13(17)15(14)16(18-19)11-6-8-12(9-7-11)20(21)22/h6-10,13H,3-5,17H2,1-2H3. The quantitative estimate of drug-likeness (QED) is 0.695. The van der Waals surface area contributed by atoms with E-state index in [0.29, 0.717) is 0 Å². The number of rotatable bonds is 3. The van der Waals surface area contributed by atoms with E-state index < -0.39 is 4.92 Å².